The smallest absolute Gasteiger partial charge is 0.269 e. The van der Waals surface area contributed by atoms with Crippen LogP contribution in [0.4, 0.5) is 5.69 Å². The van der Waals surface area contributed by atoms with Crippen LogP contribution in [0, 0.1) is 13.7 Å². The third-order valence-electron chi connectivity index (χ3n) is 4.24. The molecule has 2 aromatic rings. The molecule has 0 spiro atoms. The van der Waals surface area contributed by atoms with Crippen LogP contribution < -0.4 is 9.47 Å². The van der Waals surface area contributed by atoms with Crippen LogP contribution in [0.25, 0.3) is 6.08 Å². The number of rotatable bonds is 7. The Bertz CT molecular complexity index is 1060. The van der Waals surface area contributed by atoms with Crippen LogP contribution in [0.2, 0.25) is 0 Å². The fourth-order valence-electron chi connectivity index (χ4n) is 2.80. The van der Waals surface area contributed by atoms with Crippen molar-refractivity contribution in [2.75, 3.05) is 13.7 Å². The first-order chi connectivity index (χ1) is 14.3. The molecule has 1 aliphatic heterocycles. The summed E-state index contributed by atoms with van der Waals surface area (Å²) >= 11 is 8.66. The Labute approximate surface area is 196 Å². The zero-order chi connectivity index (χ0) is 21.8. The number of hydrogen-bond acceptors (Lipinski definition) is 7. The maximum atomic E-state index is 12.4. The lowest BCUT2D eigenvalue weighted by atomic mass is 10.1. The molecule has 0 saturated carbocycles. The highest BCUT2D eigenvalue weighted by Gasteiger charge is 2.30. The van der Waals surface area contributed by atoms with Crippen molar-refractivity contribution in [2.45, 2.75) is 13.5 Å². The molecular formula is C20H17IN2O5S2. The summed E-state index contributed by atoms with van der Waals surface area (Å²) in [6, 6.07) is 9.95. The van der Waals surface area contributed by atoms with Gasteiger partial charge < -0.3 is 9.47 Å². The number of carbonyl (C=O) groups is 1. The van der Waals surface area contributed by atoms with E-state index in [0.717, 1.165) is 9.13 Å². The molecule has 2 aromatic carbocycles. The molecule has 7 nitrogen and oxygen atoms in total. The van der Waals surface area contributed by atoms with Crippen LogP contribution in [0.15, 0.2) is 41.3 Å². The predicted molar refractivity (Wildman–Crippen MR) is 129 cm³/mol. The van der Waals surface area contributed by atoms with E-state index in [0.29, 0.717) is 32.8 Å². The third-order valence-corrected chi connectivity index (χ3v) is 6.42. The lowest BCUT2D eigenvalue weighted by Crippen LogP contribution is -2.27. The summed E-state index contributed by atoms with van der Waals surface area (Å²) in [5.74, 6) is 0.930. The van der Waals surface area contributed by atoms with Gasteiger partial charge in [-0.3, -0.25) is 19.8 Å². The number of likely N-dealkylation sites (N-methyl/N-ethyl adjacent to an activating group) is 1. The topological polar surface area (TPSA) is 81.9 Å². The van der Waals surface area contributed by atoms with Crippen LogP contribution in [0.5, 0.6) is 11.5 Å². The molecule has 0 N–H and O–H groups in total. The van der Waals surface area contributed by atoms with Crippen LogP contribution in [0.1, 0.15) is 18.1 Å². The highest BCUT2D eigenvalue weighted by Crippen LogP contribution is 2.37. The van der Waals surface area contributed by atoms with Crippen molar-refractivity contribution in [2.24, 2.45) is 0 Å². The van der Waals surface area contributed by atoms with Crippen molar-refractivity contribution in [3.8, 4) is 11.5 Å². The minimum Gasteiger partial charge on any atom is -0.493 e. The van der Waals surface area contributed by atoms with Gasteiger partial charge in [0.05, 0.1) is 20.5 Å². The summed E-state index contributed by atoms with van der Waals surface area (Å²) in [5, 5.41) is 10.9. The molecular weight excluding hydrogens is 539 g/mol. The molecule has 10 heteroatoms. The second-order valence-electron chi connectivity index (χ2n) is 6.18. The summed E-state index contributed by atoms with van der Waals surface area (Å²) < 4.78 is 12.7. The molecule has 0 radical (unpaired) electrons. The van der Waals surface area contributed by atoms with E-state index >= 15 is 0 Å². The average molecular weight is 556 g/mol. The van der Waals surface area contributed by atoms with E-state index in [1.165, 1.54) is 31.0 Å². The predicted octanol–water partition coefficient (Wildman–Crippen LogP) is 5.01. The second kappa shape index (κ2) is 9.75. The zero-order valence-electron chi connectivity index (χ0n) is 16.1. The molecule has 30 heavy (non-hydrogen) atoms. The normalized spacial score (nSPS) is 15.0. The summed E-state index contributed by atoms with van der Waals surface area (Å²) in [4.78, 5) is 25.1. The highest BCUT2D eigenvalue weighted by atomic mass is 127. The molecule has 0 unspecified atom stereocenters. The number of halogens is 1. The molecule has 1 fully saturated rings. The number of benzene rings is 2. The van der Waals surface area contributed by atoms with E-state index in [1.807, 2.05) is 13.0 Å². The number of carbonyl (C=O) groups excluding carboxylic acids is 1. The van der Waals surface area contributed by atoms with Crippen LogP contribution in [-0.2, 0) is 11.4 Å². The number of thiocarbonyl (C=S) groups is 1. The van der Waals surface area contributed by atoms with E-state index in [4.69, 9.17) is 21.7 Å². The number of nitrogens with zero attached hydrogens (tertiary/aromatic N) is 2. The summed E-state index contributed by atoms with van der Waals surface area (Å²) in [6.45, 7) is 2.57. The van der Waals surface area contributed by atoms with E-state index in [1.54, 1.807) is 29.2 Å². The van der Waals surface area contributed by atoms with Crippen LogP contribution >= 0.6 is 46.6 Å². The molecule has 1 aliphatic rings. The monoisotopic (exact) mass is 556 g/mol. The molecule has 1 amide bonds. The fraction of sp³-hybridized carbons (Fsp3) is 0.200. The Kier molecular flexibility index (Phi) is 7.32. The minimum absolute atomic E-state index is 0.0116. The highest BCUT2D eigenvalue weighted by molar-refractivity contribution is 14.1. The number of thioether (sulfide) groups is 1. The van der Waals surface area contributed by atoms with Gasteiger partial charge >= 0.3 is 0 Å². The van der Waals surface area contributed by atoms with Gasteiger partial charge in [-0.1, -0.05) is 36.1 Å². The molecule has 0 bridgehead atoms. The van der Waals surface area contributed by atoms with E-state index in [-0.39, 0.29) is 18.2 Å². The average Bonchev–Trinajstić information content (AvgIpc) is 2.99. The van der Waals surface area contributed by atoms with Gasteiger partial charge in [0.15, 0.2) is 11.5 Å². The quantitative estimate of drug-likeness (QED) is 0.156. The minimum atomic E-state index is -0.441. The number of amides is 1. The Balaban J connectivity index is 1.84. The van der Waals surface area contributed by atoms with E-state index in [9.17, 15) is 14.9 Å². The largest absolute Gasteiger partial charge is 0.493 e. The Morgan fingerprint density at radius 1 is 1.33 bits per heavy atom. The second-order valence-corrected chi connectivity index (χ2v) is 9.01. The molecule has 0 aliphatic carbocycles. The van der Waals surface area contributed by atoms with Gasteiger partial charge in [-0.2, -0.15) is 0 Å². The number of nitro benzene ring substituents is 1. The van der Waals surface area contributed by atoms with Gasteiger partial charge in [-0.15, -0.1) is 0 Å². The van der Waals surface area contributed by atoms with Crippen molar-refractivity contribution in [1.29, 1.82) is 0 Å². The fourth-order valence-corrected chi connectivity index (χ4v) is 4.97. The van der Waals surface area contributed by atoms with E-state index in [2.05, 4.69) is 22.6 Å². The number of ether oxygens (including phenoxy) is 2. The molecule has 156 valence electrons. The zero-order valence-corrected chi connectivity index (χ0v) is 19.9. The number of methoxy groups -OCH3 is 1. The first-order valence-corrected chi connectivity index (χ1v) is 11.1. The Hall–Kier alpha value is -2.18. The molecule has 1 heterocycles. The van der Waals surface area contributed by atoms with E-state index < -0.39 is 4.92 Å². The van der Waals surface area contributed by atoms with Crippen LogP contribution in [-0.4, -0.2) is 33.7 Å². The lowest BCUT2D eigenvalue weighted by molar-refractivity contribution is -0.384. The van der Waals surface area contributed by atoms with Gasteiger partial charge in [0.25, 0.3) is 11.6 Å². The lowest BCUT2D eigenvalue weighted by Gasteiger charge is -2.14. The summed E-state index contributed by atoms with van der Waals surface area (Å²) in [7, 11) is 1.53. The van der Waals surface area contributed by atoms with Crippen LogP contribution in [0.3, 0.4) is 0 Å². The van der Waals surface area contributed by atoms with Crippen molar-refractivity contribution in [3.05, 3.63) is 66.1 Å². The molecule has 0 atom stereocenters. The first kappa shape index (κ1) is 22.5. The van der Waals surface area contributed by atoms with Gasteiger partial charge in [0, 0.05) is 18.7 Å². The standard InChI is InChI=1S/C20H17IN2O5S2/c1-3-22-19(24)17(30-20(22)29)10-13-8-15(21)18(16(9-13)27-2)28-11-12-5-4-6-14(7-12)23(25)26/h4-10H,3,11H2,1-2H3/b17-10-. The van der Waals surface area contributed by atoms with Crippen molar-refractivity contribution in [3.63, 3.8) is 0 Å². The number of hydrogen-bond donors (Lipinski definition) is 0. The molecule has 3 rings (SSSR count). The maximum absolute atomic E-state index is 12.4. The Morgan fingerprint density at radius 3 is 2.73 bits per heavy atom. The first-order valence-electron chi connectivity index (χ1n) is 8.83. The number of nitro groups is 1. The van der Waals surface area contributed by atoms with Crippen molar-refractivity contribution >= 4 is 68.6 Å². The summed E-state index contributed by atoms with van der Waals surface area (Å²) in [6.07, 6.45) is 1.78. The van der Waals surface area contributed by atoms with Gasteiger partial charge in [0.1, 0.15) is 10.9 Å². The third kappa shape index (κ3) is 4.93. The number of non-ortho nitro benzene ring substituents is 1. The maximum Gasteiger partial charge on any atom is 0.269 e. The SMILES string of the molecule is CCN1C(=O)/C(=C/c2cc(I)c(OCc3cccc([N+](=O)[O-])c3)c(OC)c2)SC1=S. The Morgan fingerprint density at radius 2 is 2.10 bits per heavy atom. The van der Waals surface area contributed by atoms with Gasteiger partial charge in [-0.25, -0.2) is 0 Å². The molecule has 0 aromatic heterocycles. The molecule has 1 saturated heterocycles. The van der Waals surface area contributed by atoms with Crippen molar-refractivity contribution < 1.29 is 19.2 Å². The van der Waals surface area contributed by atoms with Gasteiger partial charge in [0.2, 0.25) is 0 Å². The van der Waals surface area contributed by atoms with Crippen molar-refractivity contribution in [1.82, 2.24) is 4.90 Å². The van der Waals surface area contributed by atoms with Gasteiger partial charge in [-0.05, 0) is 58.9 Å². The summed E-state index contributed by atoms with van der Waals surface area (Å²) in [5.41, 5.74) is 1.47.